The molecule has 0 fully saturated rings. The minimum Gasteiger partial charge on any atom is -0.459 e. The molecule has 0 bridgehead atoms. The lowest BCUT2D eigenvalue weighted by atomic mass is 10.1. The molecule has 0 spiro atoms. The lowest BCUT2D eigenvalue weighted by Crippen LogP contribution is -2.09. The highest BCUT2D eigenvalue weighted by atomic mass is 19.1. The number of nitrogens with two attached hydrogens (primary N) is 1. The van der Waals surface area contributed by atoms with Crippen LogP contribution in [0.2, 0.25) is 0 Å². The Hall–Kier alpha value is -1.79. The third-order valence-corrected chi connectivity index (χ3v) is 2.77. The summed E-state index contributed by atoms with van der Waals surface area (Å²) in [7, 11) is 0. The van der Waals surface area contributed by atoms with E-state index < -0.39 is 0 Å². The summed E-state index contributed by atoms with van der Waals surface area (Å²) in [4.78, 5) is 0. The number of hydrogen-bond donors (Lipinski definition) is 1. The fourth-order valence-electron chi connectivity index (χ4n) is 1.87. The fraction of sp³-hybridized carbons (Fsp3) is 0.286. The van der Waals surface area contributed by atoms with Crippen LogP contribution in [0.3, 0.4) is 0 Å². The molecule has 0 aliphatic rings. The van der Waals surface area contributed by atoms with Crippen LogP contribution in [0.25, 0.3) is 11.0 Å². The molecule has 2 rings (SSSR count). The molecule has 1 aromatic carbocycles. The Morgan fingerprint density at radius 2 is 2.24 bits per heavy atom. The molecule has 17 heavy (non-hydrogen) atoms. The molecule has 1 heterocycles. The molecule has 0 radical (unpaired) electrons. The Labute approximate surface area is 99.6 Å². The normalized spacial score (nSPS) is 12.2. The average molecular weight is 231 g/mol. The van der Waals surface area contributed by atoms with Gasteiger partial charge in [0.25, 0.3) is 0 Å². The van der Waals surface area contributed by atoms with Crippen molar-refractivity contribution in [3.05, 3.63) is 35.3 Å². The first-order chi connectivity index (χ1) is 8.13. The highest BCUT2D eigenvalue weighted by Gasteiger charge is 2.16. The first kappa shape index (κ1) is 11.7. The molecule has 1 aromatic heterocycles. The Bertz CT molecular complexity index is 604. The predicted molar refractivity (Wildman–Crippen MR) is 65.9 cm³/mol. The van der Waals surface area contributed by atoms with Crippen molar-refractivity contribution in [3.8, 4) is 11.8 Å². The van der Waals surface area contributed by atoms with Crippen LogP contribution in [0.5, 0.6) is 0 Å². The quantitative estimate of drug-likeness (QED) is 0.805. The van der Waals surface area contributed by atoms with Gasteiger partial charge in [-0.05, 0) is 32.0 Å². The summed E-state index contributed by atoms with van der Waals surface area (Å²) in [5.74, 6) is 6.14. The van der Waals surface area contributed by atoms with Crippen molar-refractivity contribution in [2.75, 3.05) is 0 Å². The Morgan fingerprint density at radius 3 is 2.94 bits per heavy atom. The highest BCUT2D eigenvalue weighted by Crippen LogP contribution is 2.30. The van der Waals surface area contributed by atoms with Gasteiger partial charge in [-0.25, -0.2) is 4.39 Å². The second-order valence-corrected chi connectivity index (χ2v) is 3.97. The van der Waals surface area contributed by atoms with Gasteiger partial charge in [0.1, 0.15) is 17.2 Å². The summed E-state index contributed by atoms with van der Waals surface area (Å²) in [6, 6.07) is 4.21. The van der Waals surface area contributed by atoms with Gasteiger partial charge in [-0.15, -0.1) is 11.8 Å². The van der Waals surface area contributed by atoms with Crippen LogP contribution in [0.1, 0.15) is 30.7 Å². The third-order valence-electron chi connectivity index (χ3n) is 2.77. The van der Waals surface area contributed by atoms with E-state index in [4.69, 9.17) is 10.2 Å². The molecule has 1 atom stereocenters. The van der Waals surface area contributed by atoms with E-state index in [1.807, 2.05) is 6.92 Å². The van der Waals surface area contributed by atoms with Gasteiger partial charge in [-0.2, -0.15) is 0 Å². The molecule has 0 saturated heterocycles. The van der Waals surface area contributed by atoms with Crippen molar-refractivity contribution in [1.82, 2.24) is 0 Å². The first-order valence-electron chi connectivity index (χ1n) is 5.47. The van der Waals surface area contributed by atoms with Crippen molar-refractivity contribution in [2.24, 2.45) is 5.73 Å². The summed E-state index contributed by atoms with van der Waals surface area (Å²) in [6.45, 7) is 3.66. The summed E-state index contributed by atoms with van der Waals surface area (Å²) in [5.41, 5.74) is 7.55. The van der Waals surface area contributed by atoms with Crippen LogP contribution in [0.15, 0.2) is 22.6 Å². The molecule has 2 nitrogen and oxygen atoms in total. The van der Waals surface area contributed by atoms with Crippen LogP contribution in [0, 0.1) is 24.6 Å². The minimum absolute atomic E-state index is 0.266. The molecule has 0 aliphatic heterocycles. The summed E-state index contributed by atoms with van der Waals surface area (Å²) in [5, 5.41) is 0.778. The lowest BCUT2D eigenvalue weighted by Gasteiger charge is -2.04. The molecule has 88 valence electrons. The van der Waals surface area contributed by atoms with Gasteiger partial charge in [-0.3, -0.25) is 0 Å². The number of furan rings is 1. The number of rotatable bonds is 2. The van der Waals surface area contributed by atoms with Crippen molar-refractivity contribution >= 4 is 11.0 Å². The molecule has 0 aliphatic carbocycles. The van der Waals surface area contributed by atoms with E-state index in [1.165, 1.54) is 12.1 Å². The molecule has 2 N–H and O–H groups in total. The molecular weight excluding hydrogens is 217 g/mol. The molecule has 0 amide bonds. The van der Waals surface area contributed by atoms with Gasteiger partial charge in [0.15, 0.2) is 0 Å². The Morgan fingerprint density at radius 1 is 1.47 bits per heavy atom. The maximum Gasteiger partial charge on any atom is 0.134 e. The van der Waals surface area contributed by atoms with Gasteiger partial charge >= 0.3 is 0 Å². The van der Waals surface area contributed by atoms with Crippen molar-refractivity contribution in [3.63, 3.8) is 0 Å². The number of benzene rings is 1. The smallest absolute Gasteiger partial charge is 0.134 e. The monoisotopic (exact) mass is 231 g/mol. The summed E-state index contributed by atoms with van der Waals surface area (Å²) in [6.07, 6.45) is 0.541. The average Bonchev–Trinajstić information content (AvgIpc) is 2.64. The van der Waals surface area contributed by atoms with Crippen LogP contribution >= 0.6 is 0 Å². The fourth-order valence-corrected chi connectivity index (χ4v) is 1.87. The minimum atomic E-state index is -0.269. The molecule has 0 saturated carbocycles. The van der Waals surface area contributed by atoms with Crippen molar-refractivity contribution in [2.45, 2.75) is 26.3 Å². The van der Waals surface area contributed by atoms with Gasteiger partial charge in [-0.1, -0.05) is 0 Å². The summed E-state index contributed by atoms with van der Waals surface area (Å²) >= 11 is 0. The zero-order chi connectivity index (χ0) is 12.4. The third kappa shape index (κ3) is 2.17. The lowest BCUT2D eigenvalue weighted by molar-refractivity contribution is 0.496. The second-order valence-electron chi connectivity index (χ2n) is 3.97. The van der Waals surface area contributed by atoms with Crippen LogP contribution < -0.4 is 5.73 Å². The maximum atomic E-state index is 13.1. The van der Waals surface area contributed by atoms with Crippen LogP contribution in [-0.2, 0) is 0 Å². The van der Waals surface area contributed by atoms with E-state index in [9.17, 15) is 4.39 Å². The largest absolute Gasteiger partial charge is 0.459 e. The number of aryl methyl sites for hydroxylation is 1. The SMILES string of the molecule is CC#CCC(N)c1oc2ccc(F)cc2c1C. The van der Waals surface area contributed by atoms with E-state index in [1.54, 1.807) is 13.0 Å². The first-order valence-corrected chi connectivity index (χ1v) is 5.47. The van der Waals surface area contributed by atoms with E-state index in [0.29, 0.717) is 17.8 Å². The topological polar surface area (TPSA) is 39.2 Å². The zero-order valence-corrected chi connectivity index (χ0v) is 9.88. The number of halogens is 1. The molecular formula is C14H14FNO. The number of fused-ring (bicyclic) bond motifs is 1. The standard InChI is InChI=1S/C14H14FNO/c1-3-4-5-12(16)14-9(2)11-8-10(15)6-7-13(11)17-14/h6-8,12H,5,16H2,1-2H3. The molecule has 3 heteroatoms. The highest BCUT2D eigenvalue weighted by molar-refractivity contribution is 5.82. The maximum absolute atomic E-state index is 13.1. The van der Waals surface area contributed by atoms with Crippen molar-refractivity contribution < 1.29 is 8.81 Å². The van der Waals surface area contributed by atoms with Crippen molar-refractivity contribution in [1.29, 1.82) is 0 Å². The number of hydrogen-bond acceptors (Lipinski definition) is 2. The van der Waals surface area contributed by atoms with E-state index >= 15 is 0 Å². The summed E-state index contributed by atoms with van der Waals surface area (Å²) < 4.78 is 18.8. The van der Waals surface area contributed by atoms with Gasteiger partial charge < -0.3 is 10.2 Å². The molecule has 1 unspecified atom stereocenters. The predicted octanol–water partition coefficient (Wildman–Crippen LogP) is 3.29. The van der Waals surface area contributed by atoms with Crippen LogP contribution in [-0.4, -0.2) is 0 Å². The second kappa shape index (κ2) is 4.60. The van der Waals surface area contributed by atoms with E-state index in [2.05, 4.69) is 11.8 Å². The Balaban J connectivity index is 2.47. The molecule has 2 aromatic rings. The van der Waals surface area contributed by atoms with Gasteiger partial charge in [0.05, 0.1) is 6.04 Å². The van der Waals surface area contributed by atoms with Gasteiger partial charge in [0, 0.05) is 17.4 Å². The zero-order valence-electron chi connectivity index (χ0n) is 9.88. The van der Waals surface area contributed by atoms with Gasteiger partial charge in [0.2, 0.25) is 0 Å². The Kier molecular flexibility index (Phi) is 3.16. The van der Waals surface area contributed by atoms with E-state index in [0.717, 1.165) is 10.9 Å². The van der Waals surface area contributed by atoms with Crippen LogP contribution in [0.4, 0.5) is 4.39 Å². The van der Waals surface area contributed by atoms with E-state index in [-0.39, 0.29) is 11.9 Å².